The molecule has 1 atom stereocenters. The molecule has 0 N–H and O–H groups in total. The van der Waals surface area contributed by atoms with Crippen LogP contribution >= 0.6 is 0 Å². The number of ketones is 1. The van der Waals surface area contributed by atoms with Gasteiger partial charge in [0.25, 0.3) is 0 Å². The fourth-order valence-corrected chi connectivity index (χ4v) is 5.14. The van der Waals surface area contributed by atoms with Gasteiger partial charge in [0.1, 0.15) is 5.78 Å². The van der Waals surface area contributed by atoms with Crippen molar-refractivity contribution < 1.29 is 4.79 Å². The summed E-state index contributed by atoms with van der Waals surface area (Å²) < 4.78 is 0. The van der Waals surface area contributed by atoms with Crippen molar-refractivity contribution in [3.63, 3.8) is 0 Å². The fraction of sp³-hybridized carbons (Fsp3) is 0.929. The first-order chi connectivity index (χ1) is 7.09. The second-order valence-electron chi connectivity index (χ2n) is 6.61. The first kappa shape index (κ1) is 9.86. The van der Waals surface area contributed by atoms with Crippen LogP contribution in [0.3, 0.4) is 0 Å². The Bertz CT molecular complexity index is 256. The monoisotopic (exact) mass is 206 g/mol. The Morgan fingerprint density at radius 1 is 1.07 bits per heavy atom. The van der Waals surface area contributed by atoms with Gasteiger partial charge in [-0.1, -0.05) is 6.92 Å². The van der Waals surface area contributed by atoms with E-state index in [4.69, 9.17) is 0 Å². The first-order valence-electron chi connectivity index (χ1n) is 6.59. The summed E-state index contributed by atoms with van der Waals surface area (Å²) >= 11 is 0. The minimum atomic E-state index is 0.325. The average Bonchev–Trinajstić information content (AvgIpc) is 2.14. The molecule has 0 amide bonds. The van der Waals surface area contributed by atoms with Gasteiger partial charge < -0.3 is 0 Å². The molecule has 1 unspecified atom stereocenters. The van der Waals surface area contributed by atoms with Gasteiger partial charge in [0.05, 0.1) is 0 Å². The second kappa shape index (κ2) is 3.09. The predicted molar refractivity (Wildman–Crippen MR) is 60.5 cm³/mol. The quantitative estimate of drug-likeness (QED) is 0.676. The topological polar surface area (TPSA) is 17.1 Å². The average molecular weight is 206 g/mol. The molecule has 4 bridgehead atoms. The molecule has 0 aromatic rings. The van der Waals surface area contributed by atoms with E-state index in [2.05, 4.69) is 6.92 Å². The van der Waals surface area contributed by atoms with Gasteiger partial charge >= 0.3 is 0 Å². The summed E-state index contributed by atoms with van der Waals surface area (Å²) in [6.45, 7) is 3.98. The molecule has 1 nitrogen and oxygen atoms in total. The van der Waals surface area contributed by atoms with Crippen molar-refractivity contribution in [3.05, 3.63) is 0 Å². The molecule has 0 aromatic heterocycles. The van der Waals surface area contributed by atoms with Crippen molar-refractivity contribution in [1.29, 1.82) is 0 Å². The van der Waals surface area contributed by atoms with Gasteiger partial charge in [-0.2, -0.15) is 0 Å². The van der Waals surface area contributed by atoms with Crippen LogP contribution < -0.4 is 0 Å². The maximum Gasteiger partial charge on any atom is 0.133 e. The summed E-state index contributed by atoms with van der Waals surface area (Å²) in [7, 11) is 0. The summed E-state index contributed by atoms with van der Waals surface area (Å²) in [5.41, 5.74) is 0.431. The van der Waals surface area contributed by atoms with Gasteiger partial charge in [0, 0.05) is 5.92 Å². The summed E-state index contributed by atoms with van der Waals surface area (Å²) in [5, 5.41) is 0. The lowest BCUT2D eigenvalue weighted by Crippen LogP contribution is -2.50. The maximum atomic E-state index is 11.7. The number of rotatable bonds is 2. The summed E-state index contributed by atoms with van der Waals surface area (Å²) in [4.78, 5) is 11.7. The third kappa shape index (κ3) is 1.38. The lowest BCUT2D eigenvalue weighted by atomic mass is 9.46. The molecule has 0 aliphatic heterocycles. The van der Waals surface area contributed by atoms with Gasteiger partial charge in [-0.15, -0.1) is 0 Å². The van der Waals surface area contributed by atoms with Crippen LogP contribution in [0.25, 0.3) is 0 Å². The van der Waals surface area contributed by atoms with Crippen molar-refractivity contribution in [1.82, 2.24) is 0 Å². The SMILES string of the molecule is CC(=O)C(C)C12CC3CC(CC(C3)C1)C2. The number of Topliss-reactive ketones (excluding diaryl/α,β-unsaturated/α-hetero) is 1. The standard InChI is InChI=1S/C14H22O/c1-9(10(2)15)14-6-11-3-12(7-14)5-13(4-11)8-14/h9,11-13H,3-8H2,1-2H3. The summed E-state index contributed by atoms with van der Waals surface area (Å²) in [6.07, 6.45) is 8.51. The van der Waals surface area contributed by atoms with Crippen molar-refractivity contribution in [2.75, 3.05) is 0 Å². The second-order valence-corrected chi connectivity index (χ2v) is 6.61. The highest BCUT2D eigenvalue weighted by Gasteiger charge is 2.53. The molecule has 4 fully saturated rings. The molecule has 4 rings (SSSR count). The normalized spacial score (nSPS) is 49.3. The number of carbonyl (C=O) groups excluding carboxylic acids is 1. The maximum absolute atomic E-state index is 11.7. The Morgan fingerprint density at radius 2 is 1.47 bits per heavy atom. The molecule has 0 radical (unpaired) electrons. The van der Waals surface area contributed by atoms with Crippen molar-refractivity contribution in [2.45, 2.75) is 52.4 Å². The van der Waals surface area contributed by atoms with Crippen LogP contribution in [-0.2, 0) is 4.79 Å². The van der Waals surface area contributed by atoms with E-state index in [1.807, 2.05) is 0 Å². The van der Waals surface area contributed by atoms with Gasteiger partial charge in [0.15, 0.2) is 0 Å². The zero-order chi connectivity index (χ0) is 10.6. The first-order valence-corrected chi connectivity index (χ1v) is 6.59. The molecule has 0 saturated heterocycles. The summed E-state index contributed by atoms with van der Waals surface area (Å²) in [5.74, 6) is 3.66. The molecule has 1 heteroatoms. The molecular formula is C14H22O. The predicted octanol–water partition coefficient (Wildman–Crippen LogP) is 3.43. The summed E-state index contributed by atoms with van der Waals surface area (Å²) in [6, 6.07) is 0. The van der Waals surface area contributed by atoms with Crippen molar-refractivity contribution >= 4 is 5.78 Å². The van der Waals surface area contributed by atoms with Crippen molar-refractivity contribution in [3.8, 4) is 0 Å². The smallest absolute Gasteiger partial charge is 0.133 e. The van der Waals surface area contributed by atoms with Crippen molar-refractivity contribution in [2.24, 2.45) is 29.1 Å². The molecular weight excluding hydrogens is 184 g/mol. The van der Waals surface area contributed by atoms with E-state index in [9.17, 15) is 4.79 Å². The molecule has 0 spiro atoms. The Balaban J connectivity index is 1.89. The lowest BCUT2D eigenvalue weighted by Gasteiger charge is -2.58. The molecule has 0 heterocycles. The third-order valence-electron chi connectivity index (χ3n) is 5.61. The number of hydrogen-bond donors (Lipinski definition) is 0. The highest BCUT2D eigenvalue weighted by molar-refractivity contribution is 5.78. The van der Waals surface area contributed by atoms with Crippen LogP contribution in [0.1, 0.15) is 52.4 Å². The van der Waals surface area contributed by atoms with Crippen LogP contribution in [0.15, 0.2) is 0 Å². The molecule has 4 aliphatic rings. The van der Waals surface area contributed by atoms with Gasteiger partial charge in [-0.25, -0.2) is 0 Å². The van der Waals surface area contributed by atoms with Crippen LogP contribution in [0.4, 0.5) is 0 Å². The van der Waals surface area contributed by atoms with Gasteiger partial charge in [0.2, 0.25) is 0 Å². The van der Waals surface area contributed by atoms with Crippen LogP contribution in [0.2, 0.25) is 0 Å². The van der Waals surface area contributed by atoms with E-state index < -0.39 is 0 Å². The molecule has 4 saturated carbocycles. The number of carbonyl (C=O) groups is 1. The molecule has 4 aliphatic carbocycles. The zero-order valence-electron chi connectivity index (χ0n) is 9.96. The van der Waals surface area contributed by atoms with Gasteiger partial charge in [-0.05, 0) is 68.6 Å². The van der Waals surface area contributed by atoms with Crippen LogP contribution in [-0.4, -0.2) is 5.78 Å². The highest BCUT2D eigenvalue weighted by atomic mass is 16.1. The van der Waals surface area contributed by atoms with Crippen LogP contribution in [0, 0.1) is 29.1 Å². The Labute approximate surface area is 92.6 Å². The van der Waals surface area contributed by atoms with Crippen LogP contribution in [0.5, 0.6) is 0 Å². The van der Waals surface area contributed by atoms with E-state index >= 15 is 0 Å². The molecule has 84 valence electrons. The van der Waals surface area contributed by atoms with E-state index in [0.717, 1.165) is 17.8 Å². The molecule has 15 heavy (non-hydrogen) atoms. The Morgan fingerprint density at radius 3 is 1.80 bits per heavy atom. The van der Waals surface area contributed by atoms with E-state index in [1.54, 1.807) is 6.92 Å². The van der Waals surface area contributed by atoms with E-state index in [-0.39, 0.29) is 0 Å². The third-order valence-corrected chi connectivity index (χ3v) is 5.61. The van der Waals surface area contributed by atoms with E-state index in [0.29, 0.717) is 17.1 Å². The minimum Gasteiger partial charge on any atom is -0.300 e. The Hall–Kier alpha value is -0.330. The van der Waals surface area contributed by atoms with E-state index in [1.165, 1.54) is 38.5 Å². The number of hydrogen-bond acceptors (Lipinski definition) is 1. The van der Waals surface area contributed by atoms with Gasteiger partial charge in [-0.3, -0.25) is 4.79 Å². The molecule has 0 aromatic carbocycles. The highest BCUT2D eigenvalue weighted by Crippen LogP contribution is 2.62. The Kier molecular flexibility index (Phi) is 2.03. The lowest BCUT2D eigenvalue weighted by molar-refractivity contribution is -0.135. The minimum absolute atomic E-state index is 0.325. The fourth-order valence-electron chi connectivity index (χ4n) is 5.14. The zero-order valence-corrected chi connectivity index (χ0v) is 9.96. The largest absolute Gasteiger partial charge is 0.300 e.